The summed E-state index contributed by atoms with van der Waals surface area (Å²) in [5, 5.41) is 0. The van der Waals surface area contributed by atoms with Gasteiger partial charge >= 0.3 is 0 Å². The summed E-state index contributed by atoms with van der Waals surface area (Å²) in [6, 6.07) is 4.40. The second-order valence-corrected chi connectivity index (χ2v) is 4.19. The largest absolute Gasteiger partial charge is 0.399 e. The fourth-order valence-electron chi connectivity index (χ4n) is 1.04. The zero-order valence-electron chi connectivity index (χ0n) is 6.77. The molecule has 1 aromatic carbocycles. The van der Waals surface area contributed by atoms with Gasteiger partial charge in [-0.2, -0.15) is 8.42 Å². The van der Waals surface area contributed by atoms with Gasteiger partial charge in [0.2, 0.25) is 0 Å². The van der Waals surface area contributed by atoms with Crippen LogP contribution in [-0.2, 0) is 15.9 Å². The molecular formula is C7H10N2O3S. The van der Waals surface area contributed by atoms with E-state index in [2.05, 4.69) is 0 Å². The Hall–Kier alpha value is -1.27. The van der Waals surface area contributed by atoms with Crippen LogP contribution in [0.1, 0.15) is 5.56 Å². The second-order valence-electron chi connectivity index (χ2n) is 2.73. The van der Waals surface area contributed by atoms with Crippen molar-refractivity contribution >= 4 is 21.5 Å². The van der Waals surface area contributed by atoms with Gasteiger partial charge in [-0.05, 0) is 23.8 Å². The quantitative estimate of drug-likeness (QED) is 0.470. The van der Waals surface area contributed by atoms with Crippen molar-refractivity contribution in [2.24, 2.45) is 0 Å². The maximum Gasteiger partial charge on any atom is 0.269 e. The molecule has 1 aromatic rings. The van der Waals surface area contributed by atoms with Crippen molar-refractivity contribution in [2.45, 2.75) is 5.75 Å². The van der Waals surface area contributed by atoms with E-state index in [0.717, 1.165) is 0 Å². The van der Waals surface area contributed by atoms with Crippen LogP contribution in [0, 0.1) is 0 Å². The van der Waals surface area contributed by atoms with Crippen molar-refractivity contribution in [3.05, 3.63) is 23.8 Å². The van der Waals surface area contributed by atoms with Gasteiger partial charge in [0, 0.05) is 11.4 Å². The van der Waals surface area contributed by atoms with E-state index in [4.69, 9.17) is 16.0 Å². The van der Waals surface area contributed by atoms with Crippen molar-refractivity contribution < 1.29 is 13.0 Å². The summed E-state index contributed by atoms with van der Waals surface area (Å²) < 4.78 is 29.5. The summed E-state index contributed by atoms with van der Waals surface area (Å²) in [6.45, 7) is 0. The fourth-order valence-corrected chi connectivity index (χ4v) is 1.63. The second kappa shape index (κ2) is 3.23. The molecule has 0 aliphatic heterocycles. The number of hydrogen-bond acceptors (Lipinski definition) is 4. The number of nitrogen functional groups attached to an aromatic ring is 2. The molecule has 72 valence electrons. The van der Waals surface area contributed by atoms with Crippen LogP contribution in [0.3, 0.4) is 0 Å². The predicted octanol–water partition coefficient (Wildman–Crippen LogP) is 0.239. The highest BCUT2D eigenvalue weighted by Gasteiger charge is 2.07. The lowest BCUT2D eigenvalue weighted by atomic mass is 10.2. The van der Waals surface area contributed by atoms with E-state index in [0.29, 0.717) is 16.9 Å². The molecule has 1 rings (SSSR count). The first kappa shape index (κ1) is 9.82. The molecule has 0 saturated heterocycles. The van der Waals surface area contributed by atoms with Crippen molar-refractivity contribution in [1.29, 1.82) is 0 Å². The molecule has 0 amide bonds. The van der Waals surface area contributed by atoms with Crippen LogP contribution >= 0.6 is 0 Å². The Balaban J connectivity index is 3.03. The van der Waals surface area contributed by atoms with Gasteiger partial charge in [-0.3, -0.25) is 4.55 Å². The number of rotatable bonds is 2. The molecule has 0 aliphatic carbocycles. The third kappa shape index (κ3) is 3.30. The smallest absolute Gasteiger partial charge is 0.269 e. The number of nitrogens with two attached hydrogens (primary N) is 2. The summed E-state index contributed by atoms with van der Waals surface area (Å²) in [6.07, 6.45) is 0. The van der Waals surface area contributed by atoms with Crippen molar-refractivity contribution in [2.75, 3.05) is 11.5 Å². The first-order chi connectivity index (χ1) is 5.87. The Morgan fingerprint density at radius 1 is 1.15 bits per heavy atom. The van der Waals surface area contributed by atoms with Gasteiger partial charge in [-0.15, -0.1) is 0 Å². The third-order valence-corrected chi connectivity index (χ3v) is 2.08. The molecule has 0 spiro atoms. The van der Waals surface area contributed by atoms with Crippen molar-refractivity contribution in [3.63, 3.8) is 0 Å². The minimum absolute atomic E-state index is 0.374. The van der Waals surface area contributed by atoms with Crippen molar-refractivity contribution in [1.82, 2.24) is 0 Å². The molecule has 0 saturated carbocycles. The monoisotopic (exact) mass is 202 g/mol. The van der Waals surface area contributed by atoms with Crippen LogP contribution in [0.2, 0.25) is 0 Å². The van der Waals surface area contributed by atoms with Gasteiger partial charge in [0.1, 0.15) is 5.75 Å². The highest BCUT2D eigenvalue weighted by molar-refractivity contribution is 7.85. The Bertz CT molecular complexity index is 393. The van der Waals surface area contributed by atoms with Gasteiger partial charge < -0.3 is 11.5 Å². The van der Waals surface area contributed by atoms with Crippen LogP contribution in [0.4, 0.5) is 11.4 Å². The molecule has 0 radical (unpaired) electrons. The summed E-state index contributed by atoms with van der Waals surface area (Å²) in [7, 11) is -4.02. The minimum Gasteiger partial charge on any atom is -0.399 e. The SMILES string of the molecule is Nc1cc(N)cc(CS(=O)(=O)O)c1. The Morgan fingerprint density at radius 2 is 1.62 bits per heavy atom. The van der Waals surface area contributed by atoms with E-state index in [1.54, 1.807) is 0 Å². The Kier molecular flexibility index (Phi) is 2.44. The van der Waals surface area contributed by atoms with Crippen LogP contribution in [0.5, 0.6) is 0 Å². The zero-order valence-corrected chi connectivity index (χ0v) is 7.58. The lowest BCUT2D eigenvalue weighted by Crippen LogP contribution is -2.03. The standard InChI is InChI=1S/C7H10N2O3S/c8-6-1-5(2-7(9)3-6)4-13(10,11)12/h1-3H,4,8-9H2,(H,10,11,12). The van der Waals surface area contributed by atoms with E-state index in [-0.39, 0.29) is 0 Å². The summed E-state index contributed by atoms with van der Waals surface area (Å²) in [5.74, 6) is -0.470. The molecule has 5 N–H and O–H groups in total. The van der Waals surface area contributed by atoms with E-state index in [9.17, 15) is 8.42 Å². The van der Waals surface area contributed by atoms with Gasteiger partial charge in [0.05, 0.1) is 0 Å². The van der Waals surface area contributed by atoms with Gasteiger partial charge in [-0.25, -0.2) is 0 Å². The minimum atomic E-state index is -4.02. The van der Waals surface area contributed by atoms with Crippen LogP contribution in [-0.4, -0.2) is 13.0 Å². The van der Waals surface area contributed by atoms with Crippen LogP contribution in [0.15, 0.2) is 18.2 Å². The summed E-state index contributed by atoms with van der Waals surface area (Å²) in [5.41, 5.74) is 12.0. The molecule has 6 heteroatoms. The van der Waals surface area contributed by atoms with Gasteiger partial charge in [-0.1, -0.05) is 0 Å². The topological polar surface area (TPSA) is 106 Å². The Labute approximate surface area is 76.1 Å². The van der Waals surface area contributed by atoms with E-state index >= 15 is 0 Å². The maximum absolute atomic E-state index is 10.5. The van der Waals surface area contributed by atoms with Crippen LogP contribution in [0.25, 0.3) is 0 Å². The van der Waals surface area contributed by atoms with Gasteiger partial charge in [0.25, 0.3) is 10.1 Å². The molecule has 0 bridgehead atoms. The lowest BCUT2D eigenvalue weighted by molar-refractivity contribution is 0.482. The normalized spacial score (nSPS) is 11.5. The van der Waals surface area contributed by atoms with Crippen molar-refractivity contribution in [3.8, 4) is 0 Å². The molecular weight excluding hydrogens is 192 g/mol. The number of anilines is 2. The third-order valence-electron chi connectivity index (χ3n) is 1.39. The zero-order chi connectivity index (χ0) is 10.1. The summed E-state index contributed by atoms with van der Waals surface area (Å²) >= 11 is 0. The number of hydrogen-bond donors (Lipinski definition) is 3. The Morgan fingerprint density at radius 3 is 2.00 bits per heavy atom. The summed E-state index contributed by atoms with van der Waals surface area (Å²) in [4.78, 5) is 0. The molecule has 0 atom stereocenters. The highest BCUT2D eigenvalue weighted by atomic mass is 32.2. The number of benzene rings is 1. The predicted molar refractivity (Wildman–Crippen MR) is 50.5 cm³/mol. The molecule has 0 aliphatic rings. The maximum atomic E-state index is 10.5. The molecule has 13 heavy (non-hydrogen) atoms. The van der Waals surface area contributed by atoms with E-state index in [1.807, 2.05) is 0 Å². The lowest BCUT2D eigenvalue weighted by Gasteiger charge is -2.02. The van der Waals surface area contributed by atoms with Gasteiger partial charge in [0.15, 0.2) is 0 Å². The molecule has 0 unspecified atom stereocenters. The molecule has 0 fully saturated rings. The average Bonchev–Trinajstić information content (AvgIpc) is 1.78. The first-order valence-electron chi connectivity index (χ1n) is 3.47. The van der Waals surface area contributed by atoms with E-state index in [1.165, 1.54) is 18.2 Å². The van der Waals surface area contributed by atoms with E-state index < -0.39 is 15.9 Å². The highest BCUT2D eigenvalue weighted by Crippen LogP contribution is 2.15. The van der Waals surface area contributed by atoms with Crippen LogP contribution < -0.4 is 11.5 Å². The average molecular weight is 202 g/mol. The first-order valence-corrected chi connectivity index (χ1v) is 5.08. The molecule has 0 heterocycles. The fraction of sp³-hybridized carbons (Fsp3) is 0.143. The molecule has 5 nitrogen and oxygen atoms in total. The molecule has 0 aromatic heterocycles.